The van der Waals surface area contributed by atoms with Gasteiger partial charge in [-0.2, -0.15) is 4.99 Å². The maximum absolute atomic E-state index is 14.1. The summed E-state index contributed by atoms with van der Waals surface area (Å²) in [4.78, 5) is 21.6. The Balaban J connectivity index is 1.24. The number of rotatable bonds is 5. The van der Waals surface area contributed by atoms with E-state index in [2.05, 4.69) is 9.89 Å². The molecule has 0 atom stereocenters. The minimum absolute atomic E-state index is 0.218. The molecule has 0 saturated carbocycles. The van der Waals surface area contributed by atoms with E-state index in [0.717, 1.165) is 11.1 Å². The van der Waals surface area contributed by atoms with E-state index in [0.29, 0.717) is 59.3 Å². The van der Waals surface area contributed by atoms with Gasteiger partial charge in [0.2, 0.25) is 0 Å². The lowest BCUT2D eigenvalue weighted by Crippen LogP contribution is -2.48. The lowest BCUT2D eigenvalue weighted by molar-refractivity contribution is -0.113. The Morgan fingerprint density at radius 1 is 0.943 bits per heavy atom. The fourth-order valence-corrected chi connectivity index (χ4v) is 5.17. The first kappa shape index (κ1) is 23.5. The number of amides is 1. The van der Waals surface area contributed by atoms with E-state index in [1.807, 2.05) is 65.6 Å². The molecule has 35 heavy (non-hydrogen) atoms. The van der Waals surface area contributed by atoms with Gasteiger partial charge in [0, 0.05) is 42.3 Å². The molecule has 3 aromatic carbocycles. The molecule has 1 amide bonds. The number of aliphatic imine (C=N–C) groups is 1. The molecule has 5 rings (SSSR count). The molecule has 2 aliphatic rings. The number of hydrogen-bond acceptors (Lipinski definition) is 5. The maximum atomic E-state index is 14.1. The Hall–Kier alpha value is -3.29. The highest BCUT2D eigenvalue weighted by Crippen LogP contribution is 2.33. The quantitative estimate of drug-likeness (QED) is 0.405. The summed E-state index contributed by atoms with van der Waals surface area (Å²) in [5.41, 5.74) is 2.30. The standard InChI is InChI=1S/C27H23ClFN3O2S/c28-21-9-3-1-8-20(21)18-34-24-12-6-2-7-19(24)17-25-26(33)30-27(35-25)32-15-13-31(14-16-32)23-11-5-4-10-22(23)29/h1-12,17H,13-16,18H2. The fourth-order valence-electron chi connectivity index (χ4n) is 4.02. The summed E-state index contributed by atoms with van der Waals surface area (Å²) < 4.78 is 20.2. The van der Waals surface area contributed by atoms with Gasteiger partial charge in [-0.05, 0) is 42.1 Å². The van der Waals surface area contributed by atoms with Gasteiger partial charge in [0.25, 0.3) is 5.91 Å². The van der Waals surface area contributed by atoms with Gasteiger partial charge >= 0.3 is 0 Å². The third kappa shape index (κ3) is 5.36. The van der Waals surface area contributed by atoms with Crippen LogP contribution in [0.4, 0.5) is 10.1 Å². The Labute approximate surface area is 212 Å². The second kappa shape index (κ2) is 10.5. The van der Waals surface area contributed by atoms with E-state index in [-0.39, 0.29) is 11.7 Å². The van der Waals surface area contributed by atoms with Crippen LogP contribution in [0.2, 0.25) is 5.02 Å². The van der Waals surface area contributed by atoms with E-state index in [9.17, 15) is 9.18 Å². The molecule has 0 aromatic heterocycles. The zero-order valence-corrected chi connectivity index (χ0v) is 20.4. The lowest BCUT2D eigenvalue weighted by Gasteiger charge is -2.36. The van der Waals surface area contributed by atoms with Crippen molar-refractivity contribution in [1.29, 1.82) is 0 Å². The molecule has 2 aliphatic heterocycles. The van der Waals surface area contributed by atoms with Gasteiger partial charge in [0.15, 0.2) is 5.17 Å². The summed E-state index contributed by atoms with van der Waals surface area (Å²) in [6.07, 6.45) is 1.82. The largest absolute Gasteiger partial charge is 0.488 e. The van der Waals surface area contributed by atoms with Crippen LogP contribution < -0.4 is 9.64 Å². The van der Waals surface area contributed by atoms with Crippen LogP contribution in [0.1, 0.15) is 11.1 Å². The molecule has 3 aromatic rings. The first-order valence-electron chi connectivity index (χ1n) is 11.3. The highest BCUT2D eigenvalue weighted by atomic mass is 35.5. The van der Waals surface area contributed by atoms with E-state index in [4.69, 9.17) is 16.3 Å². The summed E-state index contributed by atoms with van der Waals surface area (Å²) in [5, 5.41) is 1.34. The fraction of sp³-hybridized carbons (Fsp3) is 0.185. The molecule has 8 heteroatoms. The number of anilines is 1. The molecule has 2 heterocycles. The van der Waals surface area contributed by atoms with Crippen molar-refractivity contribution in [2.45, 2.75) is 6.61 Å². The molecule has 178 valence electrons. The van der Waals surface area contributed by atoms with Gasteiger partial charge in [0.1, 0.15) is 18.2 Å². The molecule has 5 nitrogen and oxygen atoms in total. The molecule has 0 radical (unpaired) electrons. The molecular formula is C27H23ClFN3O2S. The molecule has 1 fully saturated rings. The number of halogens is 2. The molecular weight excluding hydrogens is 485 g/mol. The van der Waals surface area contributed by atoms with E-state index >= 15 is 0 Å². The Morgan fingerprint density at radius 2 is 1.63 bits per heavy atom. The predicted octanol–water partition coefficient (Wildman–Crippen LogP) is 5.85. The van der Waals surface area contributed by atoms with E-state index in [1.165, 1.54) is 17.8 Å². The summed E-state index contributed by atoms with van der Waals surface area (Å²) in [6.45, 7) is 2.98. The topological polar surface area (TPSA) is 45.1 Å². The zero-order chi connectivity index (χ0) is 24.2. The number of piperazine rings is 1. The van der Waals surface area contributed by atoms with Crippen LogP contribution >= 0.6 is 23.4 Å². The van der Waals surface area contributed by atoms with Crippen LogP contribution in [0.25, 0.3) is 6.08 Å². The summed E-state index contributed by atoms with van der Waals surface area (Å²) in [6, 6.07) is 21.9. The van der Waals surface area contributed by atoms with Crippen molar-refractivity contribution in [1.82, 2.24) is 4.90 Å². The second-order valence-corrected chi connectivity index (χ2v) is 9.57. The number of thioether (sulfide) groups is 1. The van der Waals surface area contributed by atoms with Gasteiger partial charge in [-0.1, -0.05) is 60.1 Å². The average Bonchev–Trinajstić information content (AvgIpc) is 3.25. The number of amidine groups is 1. The first-order chi connectivity index (χ1) is 17.1. The minimum atomic E-state index is -0.262. The third-order valence-electron chi connectivity index (χ3n) is 5.90. The number of hydrogen-bond donors (Lipinski definition) is 0. The minimum Gasteiger partial charge on any atom is -0.488 e. The summed E-state index contributed by atoms with van der Waals surface area (Å²) in [7, 11) is 0. The predicted molar refractivity (Wildman–Crippen MR) is 140 cm³/mol. The number of para-hydroxylation sites is 2. The highest BCUT2D eigenvalue weighted by Gasteiger charge is 2.29. The molecule has 0 aliphatic carbocycles. The SMILES string of the molecule is O=C1N=C(N2CCN(c3ccccc3F)CC2)SC1=Cc1ccccc1OCc1ccccc1Cl. The highest BCUT2D eigenvalue weighted by molar-refractivity contribution is 8.18. The third-order valence-corrected chi connectivity index (χ3v) is 7.31. The molecule has 0 N–H and O–H groups in total. The van der Waals surface area contributed by atoms with Gasteiger partial charge < -0.3 is 14.5 Å². The van der Waals surface area contributed by atoms with E-state index < -0.39 is 0 Å². The van der Waals surface area contributed by atoms with Crippen molar-refractivity contribution in [3.8, 4) is 5.75 Å². The Morgan fingerprint density at radius 3 is 2.43 bits per heavy atom. The van der Waals surface area contributed by atoms with Crippen LogP contribution in [0, 0.1) is 5.82 Å². The second-order valence-electron chi connectivity index (χ2n) is 8.15. The number of nitrogens with zero attached hydrogens (tertiary/aromatic N) is 3. The van der Waals surface area contributed by atoms with Crippen molar-refractivity contribution in [3.63, 3.8) is 0 Å². The Kier molecular flexibility index (Phi) is 7.06. The van der Waals surface area contributed by atoms with Gasteiger partial charge in [0.05, 0.1) is 10.6 Å². The molecule has 1 saturated heterocycles. The van der Waals surface area contributed by atoms with Gasteiger partial charge in [-0.15, -0.1) is 0 Å². The Bertz CT molecular complexity index is 1300. The number of carbonyl (C=O) groups excluding carboxylic acids is 1. The van der Waals surface area contributed by atoms with E-state index in [1.54, 1.807) is 12.1 Å². The van der Waals surface area contributed by atoms with Gasteiger partial charge in [-0.25, -0.2) is 4.39 Å². The molecule has 0 spiro atoms. The normalized spacial score (nSPS) is 17.1. The molecule has 0 bridgehead atoms. The van der Waals surface area contributed by atoms with Crippen LogP contribution in [0.3, 0.4) is 0 Å². The van der Waals surface area contributed by atoms with Crippen LogP contribution in [-0.4, -0.2) is 42.2 Å². The van der Waals surface area contributed by atoms with Crippen LogP contribution in [0.15, 0.2) is 82.7 Å². The van der Waals surface area contributed by atoms with Crippen LogP contribution in [-0.2, 0) is 11.4 Å². The summed E-state index contributed by atoms with van der Waals surface area (Å²) >= 11 is 7.61. The molecule has 0 unspecified atom stereocenters. The zero-order valence-electron chi connectivity index (χ0n) is 18.9. The number of ether oxygens (including phenoxy) is 1. The lowest BCUT2D eigenvalue weighted by atomic mass is 10.2. The first-order valence-corrected chi connectivity index (χ1v) is 12.5. The van der Waals surface area contributed by atoms with Crippen molar-refractivity contribution in [2.75, 3.05) is 31.1 Å². The average molecular weight is 508 g/mol. The monoisotopic (exact) mass is 507 g/mol. The number of benzene rings is 3. The summed E-state index contributed by atoms with van der Waals surface area (Å²) in [5.74, 6) is 0.187. The number of carbonyl (C=O) groups is 1. The van der Waals surface area contributed by atoms with Crippen LogP contribution in [0.5, 0.6) is 5.75 Å². The van der Waals surface area contributed by atoms with Crippen molar-refractivity contribution in [3.05, 3.63) is 99.7 Å². The smallest absolute Gasteiger partial charge is 0.286 e. The maximum Gasteiger partial charge on any atom is 0.286 e. The van der Waals surface area contributed by atoms with Crippen molar-refractivity contribution >= 4 is 46.2 Å². The van der Waals surface area contributed by atoms with Crippen molar-refractivity contribution in [2.24, 2.45) is 4.99 Å². The van der Waals surface area contributed by atoms with Crippen molar-refractivity contribution < 1.29 is 13.9 Å². The van der Waals surface area contributed by atoms with Gasteiger partial charge in [-0.3, -0.25) is 4.79 Å².